The van der Waals surface area contributed by atoms with E-state index < -0.39 is 21.1 Å². The van der Waals surface area contributed by atoms with Gasteiger partial charge in [-0.3, -0.25) is 4.79 Å². The van der Waals surface area contributed by atoms with Crippen LogP contribution >= 0.6 is 0 Å². The van der Waals surface area contributed by atoms with Gasteiger partial charge in [-0.05, 0) is 44.8 Å². The number of rotatable bonds is 7. The number of aliphatic carboxylic acids is 1. The van der Waals surface area contributed by atoms with E-state index in [4.69, 9.17) is 5.11 Å². The van der Waals surface area contributed by atoms with Crippen molar-refractivity contribution >= 4 is 15.8 Å². The van der Waals surface area contributed by atoms with Gasteiger partial charge < -0.3 is 10.0 Å². The molecule has 106 valence electrons. The summed E-state index contributed by atoms with van der Waals surface area (Å²) in [6.45, 7) is 6.09. The highest BCUT2D eigenvalue weighted by Crippen LogP contribution is 2.15. The third kappa shape index (κ3) is 4.24. The monoisotopic (exact) mass is 277 g/mol. The van der Waals surface area contributed by atoms with Crippen LogP contribution in [0.2, 0.25) is 0 Å². The van der Waals surface area contributed by atoms with Crippen molar-refractivity contribution in [2.75, 3.05) is 25.4 Å². The van der Waals surface area contributed by atoms with E-state index in [9.17, 15) is 13.2 Å². The number of carboxylic acid groups (broad SMARTS) is 1. The quantitative estimate of drug-likeness (QED) is 0.751. The number of sulfone groups is 1. The third-order valence-electron chi connectivity index (χ3n) is 3.34. The first kappa shape index (κ1) is 15.4. The molecule has 6 heteroatoms. The number of nitrogens with zero attached hydrogens (tertiary/aromatic N) is 1. The van der Waals surface area contributed by atoms with E-state index in [0.717, 1.165) is 19.6 Å². The molecule has 1 fully saturated rings. The van der Waals surface area contributed by atoms with Crippen LogP contribution in [0.3, 0.4) is 0 Å². The second-order valence-electron chi connectivity index (χ2n) is 5.27. The maximum Gasteiger partial charge on any atom is 0.322 e. The van der Waals surface area contributed by atoms with Gasteiger partial charge in [0.2, 0.25) is 0 Å². The van der Waals surface area contributed by atoms with Gasteiger partial charge in [0, 0.05) is 0 Å². The average Bonchev–Trinajstić information content (AvgIpc) is 2.67. The molecule has 1 unspecified atom stereocenters. The molecule has 0 bridgehead atoms. The maximum absolute atomic E-state index is 12.0. The predicted octanol–water partition coefficient (Wildman–Crippen LogP) is 0.996. The molecular weight excluding hydrogens is 254 g/mol. The lowest BCUT2D eigenvalue weighted by molar-refractivity contribution is -0.137. The SMILES string of the molecule is CC(C)C(C(=O)O)S(=O)(=O)CCCN1CCCC1. The Morgan fingerprint density at radius 2 is 1.83 bits per heavy atom. The molecule has 1 atom stereocenters. The lowest BCUT2D eigenvalue weighted by atomic mass is 10.1. The Morgan fingerprint density at radius 1 is 1.28 bits per heavy atom. The van der Waals surface area contributed by atoms with Crippen molar-refractivity contribution in [3.63, 3.8) is 0 Å². The Balaban J connectivity index is 2.49. The van der Waals surface area contributed by atoms with Gasteiger partial charge in [0.15, 0.2) is 15.1 Å². The summed E-state index contributed by atoms with van der Waals surface area (Å²) in [5, 5.41) is 7.73. The van der Waals surface area contributed by atoms with E-state index in [1.807, 2.05) is 0 Å². The van der Waals surface area contributed by atoms with Gasteiger partial charge in [-0.25, -0.2) is 8.42 Å². The molecule has 1 N–H and O–H groups in total. The van der Waals surface area contributed by atoms with Crippen LogP contribution in [-0.2, 0) is 14.6 Å². The smallest absolute Gasteiger partial charge is 0.322 e. The number of carbonyl (C=O) groups is 1. The highest BCUT2D eigenvalue weighted by atomic mass is 32.2. The maximum atomic E-state index is 12.0. The molecule has 0 aromatic carbocycles. The van der Waals surface area contributed by atoms with E-state index in [1.54, 1.807) is 13.8 Å². The number of likely N-dealkylation sites (tertiary alicyclic amines) is 1. The fourth-order valence-electron chi connectivity index (χ4n) is 2.48. The van der Waals surface area contributed by atoms with E-state index in [-0.39, 0.29) is 11.7 Å². The van der Waals surface area contributed by atoms with Crippen LogP contribution in [-0.4, -0.2) is 55.0 Å². The van der Waals surface area contributed by atoms with Crippen molar-refractivity contribution in [3.05, 3.63) is 0 Å². The minimum Gasteiger partial charge on any atom is -0.480 e. The molecule has 18 heavy (non-hydrogen) atoms. The molecule has 0 spiro atoms. The second-order valence-corrected chi connectivity index (χ2v) is 7.51. The first-order valence-corrected chi connectivity index (χ1v) is 8.23. The molecule has 5 nitrogen and oxygen atoms in total. The van der Waals surface area contributed by atoms with Crippen LogP contribution in [0, 0.1) is 5.92 Å². The number of hydrogen-bond donors (Lipinski definition) is 1. The molecular formula is C12H23NO4S. The summed E-state index contributed by atoms with van der Waals surface area (Å²) in [4.78, 5) is 13.3. The van der Waals surface area contributed by atoms with Crippen molar-refractivity contribution in [1.82, 2.24) is 4.90 Å². The van der Waals surface area contributed by atoms with Crippen molar-refractivity contribution in [2.24, 2.45) is 5.92 Å². The van der Waals surface area contributed by atoms with Crippen molar-refractivity contribution in [3.8, 4) is 0 Å². The van der Waals surface area contributed by atoms with Gasteiger partial charge >= 0.3 is 5.97 Å². The Bertz CT molecular complexity index is 372. The largest absolute Gasteiger partial charge is 0.480 e. The topological polar surface area (TPSA) is 74.7 Å². The minimum atomic E-state index is -3.54. The van der Waals surface area contributed by atoms with Gasteiger partial charge in [-0.15, -0.1) is 0 Å². The second kappa shape index (κ2) is 6.52. The van der Waals surface area contributed by atoms with Crippen LogP contribution in [0.4, 0.5) is 0 Å². The summed E-state index contributed by atoms with van der Waals surface area (Å²) in [5.74, 6) is -1.65. The Kier molecular flexibility index (Phi) is 5.59. The van der Waals surface area contributed by atoms with Gasteiger partial charge in [0.25, 0.3) is 0 Å². The normalized spacial score (nSPS) is 19.3. The predicted molar refractivity (Wildman–Crippen MR) is 70.3 cm³/mol. The summed E-state index contributed by atoms with van der Waals surface area (Å²) >= 11 is 0. The van der Waals surface area contributed by atoms with Crippen LogP contribution in [0.25, 0.3) is 0 Å². The molecule has 1 heterocycles. The summed E-state index contributed by atoms with van der Waals surface area (Å²) in [7, 11) is -3.54. The third-order valence-corrected chi connectivity index (χ3v) is 5.72. The van der Waals surface area contributed by atoms with Crippen LogP contribution in [0.1, 0.15) is 33.1 Å². The molecule has 0 amide bonds. The minimum absolute atomic E-state index is 0.0291. The molecule has 0 aliphatic carbocycles. The highest BCUT2D eigenvalue weighted by molar-refractivity contribution is 7.92. The first-order valence-electron chi connectivity index (χ1n) is 6.51. The lowest BCUT2D eigenvalue weighted by Crippen LogP contribution is -2.37. The Morgan fingerprint density at radius 3 is 2.28 bits per heavy atom. The zero-order valence-corrected chi connectivity index (χ0v) is 11.9. The van der Waals surface area contributed by atoms with Gasteiger partial charge in [0.1, 0.15) is 0 Å². The molecule has 0 aromatic heterocycles. The van der Waals surface area contributed by atoms with Gasteiger partial charge in [-0.1, -0.05) is 13.8 Å². The molecule has 0 radical (unpaired) electrons. The summed E-state index contributed by atoms with van der Waals surface area (Å²) in [6.07, 6.45) is 2.88. The molecule has 0 saturated carbocycles. The summed E-state index contributed by atoms with van der Waals surface area (Å²) in [5.41, 5.74) is 0. The zero-order chi connectivity index (χ0) is 13.8. The lowest BCUT2D eigenvalue weighted by Gasteiger charge is -2.18. The highest BCUT2D eigenvalue weighted by Gasteiger charge is 2.34. The number of hydrogen-bond acceptors (Lipinski definition) is 4. The molecule has 1 aliphatic rings. The summed E-state index contributed by atoms with van der Waals surface area (Å²) < 4.78 is 24.0. The van der Waals surface area contributed by atoms with Crippen LogP contribution in [0.15, 0.2) is 0 Å². The van der Waals surface area contributed by atoms with E-state index in [1.165, 1.54) is 12.8 Å². The van der Waals surface area contributed by atoms with Gasteiger partial charge in [0.05, 0.1) is 5.75 Å². The Hall–Kier alpha value is -0.620. The van der Waals surface area contributed by atoms with E-state index in [0.29, 0.717) is 6.42 Å². The molecule has 0 aromatic rings. The zero-order valence-electron chi connectivity index (χ0n) is 11.1. The summed E-state index contributed by atoms with van der Waals surface area (Å²) in [6, 6.07) is 0. The van der Waals surface area contributed by atoms with Crippen molar-refractivity contribution in [1.29, 1.82) is 0 Å². The van der Waals surface area contributed by atoms with Crippen LogP contribution in [0.5, 0.6) is 0 Å². The standard InChI is InChI=1S/C12H23NO4S/c1-10(2)11(12(14)15)18(16,17)9-5-8-13-6-3-4-7-13/h10-11H,3-9H2,1-2H3,(H,14,15). The van der Waals surface area contributed by atoms with Crippen LogP contribution < -0.4 is 0 Å². The van der Waals surface area contributed by atoms with Crippen molar-refractivity contribution < 1.29 is 18.3 Å². The van der Waals surface area contributed by atoms with Gasteiger partial charge in [-0.2, -0.15) is 0 Å². The van der Waals surface area contributed by atoms with E-state index >= 15 is 0 Å². The average molecular weight is 277 g/mol. The van der Waals surface area contributed by atoms with Crippen molar-refractivity contribution in [2.45, 2.75) is 38.4 Å². The number of carboxylic acids is 1. The first-order chi connectivity index (χ1) is 8.34. The fourth-order valence-corrected chi connectivity index (χ4v) is 4.40. The molecule has 1 aliphatic heterocycles. The molecule has 1 rings (SSSR count). The Labute approximate surface area is 109 Å². The fraction of sp³-hybridized carbons (Fsp3) is 0.917. The van der Waals surface area contributed by atoms with E-state index in [2.05, 4.69) is 4.90 Å². The molecule has 1 saturated heterocycles.